The Bertz CT molecular complexity index is 537. The lowest BCUT2D eigenvalue weighted by Crippen LogP contribution is -2.10. The minimum absolute atomic E-state index is 0.385. The Morgan fingerprint density at radius 3 is 2.12 bits per heavy atom. The van der Waals surface area contributed by atoms with Crippen molar-refractivity contribution in [1.82, 2.24) is 0 Å². The molecule has 1 nitrogen and oxygen atoms in total. The molecule has 0 saturated carbocycles. The number of nitrogens with two attached hydrogens (primary N) is 1. The lowest BCUT2D eigenvalue weighted by atomic mass is 10.00. The van der Waals surface area contributed by atoms with Gasteiger partial charge in [0.25, 0.3) is 0 Å². The molecule has 2 aromatic rings. The Hall–Kier alpha value is -1.38. The van der Waals surface area contributed by atoms with Gasteiger partial charge in [0.15, 0.2) is 0 Å². The van der Waals surface area contributed by atoms with Gasteiger partial charge in [-0.25, -0.2) is 0 Å². The van der Waals surface area contributed by atoms with Gasteiger partial charge in [-0.05, 0) is 11.6 Å². The molecule has 0 radical (unpaired) electrons. The van der Waals surface area contributed by atoms with Crippen LogP contribution in [0.3, 0.4) is 0 Å². The van der Waals surface area contributed by atoms with Gasteiger partial charge in [-0.3, -0.25) is 0 Å². The largest absolute Gasteiger partial charge is 0.389 e. The number of halogens is 1. The van der Waals surface area contributed by atoms with E-state index in [2.05, 4.69) is 0 Å². The number of hydrogen-bond donors (Lipinski definition) is 1. The zero-order valence-corrected chi connectivity index (χ0v) is 10.1. The lowest BCUT2D eigenvalue weighted by molar-refractivity contribution is 1.57. The van der Waals surface area contributed by atoms with Crippen molar-refractivity contribution in [3.63, 3.8) is 0 Å². The minimum Gasteiger partial charge on any atom is -0.389 e. The molecule has 0 heterocycles. The molecule has 2 N–H and O–H groups in total. The van der Waals surface area contributed by atoms with Gasteiger partial charge in [-0.2, -0.15) is 0 Å². The zero-order valence-electron chi connectivity index (χ0n) is 8.48. The molecule has 0 aliphatic heterocycles. The van der Waals surface area contributed by atoms with E-state index < -0.39 is 0 Å². The normalized spacial score (nSPS) is 10.1. The second-order valence-corrected chi connectivity index (χ2v) is 4.24. The van der Waals surface area contributed by atoms with Crippen molar-refractivity contribution < 1.29 is 0 Å². The summed E-state index contributed by atoms with van der Waals surface area (Å²) in [5.74, 6) is 0. The van der Waals surface area contributed by atoms with Crippen LogP contribution in [0.5, 0.6) is 0 Å². The quantitative estimate of drug-likeness (QED) is 0.820. The van der Waals surface area contributed by atoms with Crippen LogP contribution in [0.2, 0.25) is 5.02 Å². The third-order valence-electron chi connectivity index (χ3n) is 2.36. The van der Waals surface area contributed by atoms with Gasteiger partial charge < -0.3 is 5.73 Å². The molecular formula is C13H10ClNS. The highest BCUT2D eigenvalue weighted by atomic mass is 35.5. The molecule has 0 atom stereocenters. The van der Waals surface area contributed by atoms with E-state index >= 15 is 0 Å². The van der Waals surface area contributed by atoms with E-state index in [-0.39, 0.29) is 0 Å². The Kier molecular flexibility index (Phi) is 3.22. The van der Waals surface area contributed by atoms with Gasteiger partial charge in [0.2, 0.25) is 0 Å². The summed E-state index contributed by atoms with van der Waals surface area (Å²) in [7, 11) is 0. The van der Waals surface area contributed by atoms with Crippen LogP contribution in [-0.2, 0) is 0 Å². The van der Waals surface area contributed by atoms with Crippen molar-refractivity contribution in [1.29, 1.82) is 0 Å². The molecule has 2 aromatic carbocycles. The highest BCUT2D eigenvalue weighted by molar-refractivity contribution is 7.80. The minimum atomic E-state index is 0.385. The first-order chi connectivity index (χ1) is 7.70. The third-order valence-corrected chi connectivity index (χ3v) is 2.91. The monoisotopic (exact) mass is 247 g/mol. The summed E-state index contributed by atoms with van der Waals surface area (Å²) in [5.41, 5.74) is 8.47. The first kappa shape index (κ1) is 11.1. The van der Waals surface area contributed by atoms with Crippen molar-refractivity contribution in [3.8, 4) is 11.1 Å². The predicted molar refractivity (Wildman–Crippen MR) is 72.8 cm³/mol. The first-order valence-electron chi connectivity index (χ1n) is 4.84. The van der Waals surface area contributed by atoms with Crippen LogP contribution in [0.15, 0.2) is 48.5 Å². The van der Waals surface area contributed by atoms with Crippen molar-refractivity contribution in [3.05, 3.63) is 59.1 Å². The summed E-state index contributed by atoms with van der Waals surface area (Å²) in [6.07, 6.45) is 0. The van der Waals surface area contributed by atoms with Crippen LogP contribution in [0.25, 0.3) is 11.1 Å². The topological polar surface area (TPSA) is 26.0 Å². The fourth-order valence-corrected chi connectivity index (χ4v) is 2.03. The molecule has 0 fully saturated rings. The van der Waals surface area contributed by atoms with Crippen molar-refractivity contribution in [2.75, 3.05) is 0 Å². The second kappa shape index (κ2) is 4.64. The Balaban J connectivity index is 2.65. The molecule has 0 aliphatic rings. The highest BCUT2D eigenvalue weighted by Crippen LogP contribution is 2.29. The Morgan fingerprint density at radius 1 is 0.938 bits per heavy atom. The molecule has 0 bridgehead atoms. The van der Waals surface area contributed by atoms with Crippen molar-refractivity contribution in [2.45, 2.75) is 0 Å². The molecule has 0 unspecified atom stereocenters. The smallest absolute Gasteiger partial charge is 0.104 e. The van der Waals surface area contributed by atoms with E-state index in [1.54, 1.807) is 0 Å². The molecule has 0 saturated heterocycles. The lowest BCUT2D eigenvalue weighted by Gasteiger charge is -2.09. The second-order valence-electron chi connectivity index (χ2n) is 3.39. The molecule has 3 heteroatoms. The number of hydrogen-bond acceptors (Lipinski definition) is 1. The Labute approximate surface area is 105 Å². The fraction of sp³-hybridized carbons (Fsp3) is 0. The molecule has 0 amide bonds. The van der Waals surface area contributed by atoms with Crippen LogP contribution < -0.4 is 5.73 Å². The number of thiocarbonyl (C=S) groups is 1. The summed E-state index contributed by atoms with van der Waals surface area (Å²) >= 11 is 11.2. The molecule has 16 heavy (non-hydrogen) atoms. The van der Waals surface area contributed by atoms with E-state index in [1.165, 1.54) is 0 Å². The molecule has 0 aliphatic carbocycles. The maximum Gasteiger partial charge on any atom is 0.104 e. The first-order valence-corrected chi connectivity index (χ1v) is 5.62. The van der Waals surface area contributed by atoms with Gasteiger partial charge in [-0.15, -0.1) is 0 Å². The molecule has 80 valence electrons. The maximum absolute atomic E-state index is 6.15. The van der Waals surface area contributed by atoms with E-state index in [9.17, 15) is 0 Å². The van der Waals surface area contributed by atoms with Crippen molar-refractivity contribution in [2.24, 2.45) is 5.73 Å². The van der Waals surface area contributed by atoms with Gasteiger partial charge in [0, 0.05) is 16.1 Å². The highest BCUT2D eigenvalue weighted by Gasteiger charge is 2.08. The predicted octanol–water partition coefficient (Wildman–Crippen LogP) is 3.64. The average Bonchev–Trinajstić information content (AvgIpc) is 2.29. The molecule has 2 rings (SSSR count). The Morgan fingerprint density at radius 2 is 1.50 bits per heavy atom. The van der Waals surface area contributed by atoms with Gasteiger partial charge >= 0.3 is 0 Å². The third kappa shape index (κ3) is 2.08. The van der Waals surface area contributed by atoms with Crippen LogP contribution in [0.4, 0.5) is 0 Å². The van der Waals surface area contributed by atoms with Gasteiger partial charge in [-0.1, -0.05) is 66.3 Å². The van der Waals surface area contributed by atoms with E-state index in [0.717, 1.165) is 16.7 Å². The number of benzene rings is 2. The van der Waals surface area contributed by atoms with Crippen molar-refractivity contribution >= 4 is 28.8 Å². The van der Waals surface area contributed by atoms with Gasteiger partial charge in [0.1, 0.15) is 4.99 Å². The average molecular weight is 248 g/mol. The molecule has 0 aromatic heterocycles. The standard InChI is InChI=1S/C13H10ClNS/c14-12-8-4-3-6-10(12)9-5-1-2-7-11(9)13(15)16/h1-8H,(H2,15,16). The van der Waals surface area contributed by atoms with E-state index in [1.807, 2.05) is 48.5 Å². The summed E-state index contributed by atoms with van der Waals surface area (Å²) in [4.78, 5) is 0.385. The van der Waals surface area contributed by atoms with Crippen LogP contribution >= 0.6 is 23.8 Å². The van der Waals surface area contributed by atoms with E-state index in [0.29, 0.717) is 10.0 Å². The maximum atomic E-state index is 6.15. The zero-order chi connectivity index (χ0) is 11.5. The summed E-state index contributed by atoms with van der Waals surface area (Å²) < 4.78 is 0. The van der Waals surface area contributed by atoms with E-state index in [4.69, 9.17) is 29.6 Å². The summed E-state index contributed by atoms with van der Waals surface area (Å²) in [6, 6.07) is 15.4. The summed E-state index contributed by atoms with van der Waals surface area (Å²) in [5, 5.41) is 0.700. The molecule has 0 spiro atoms. The fourth-order valence-electron chi connectivity index (χ4n) is 1.61. The number of rotatable bonds is 2. The van der Waals surface area contributed by atoms with Crippen LogP contribution in [0.1, 0.15) is 5.56 Å². The van der Waals surface area contributed by atoms with Gasteiger partial charge in [0.05, 0.1) is 0 Å². The van der Waals surface area contributed by atoms with Crippen LogP contribution in [0, 0.1) is 0 Å². The SMILES string of the molecule is NC(=S)c1ccccc1-c1ccccc1Cl. The molecular weight excluding hydrogens is 238 g/mol. The van der Waals surface area contributed by atoms with Crippen LogP contribution in [-0.4, -0.2) is 4.99 Å². The summed E-state index contributed by atoms with van der Waals surface area (Å²) in [6.45, 7) is 0.